The molecule has 2 aliphatic rings. The van der Waals surface area contributed by atoms with Gasteiger partial charge in [0.05, 0.1) is 23.2 Å². The third-order valence-corrected chi connectivity index (χ3v) is 6.83. The zero-order valence-corrected chi connectivity index (χ0v) is 18.1. The van der Waals surface area contributed by atoms with Crippen molar-refractivity contribution < 1.29 is 19.1 Å². The number of thiazole rings is 1. The number of Topliss-reactive ketones (excluding diaryl/α,β-unsaturated/α-hetero) is 1. The maximum Gasteiger partial charge on any atom is 0.257 e. The second-order valence-electron chi connectivity index (χ2n) is 7.47. The first-order valence-corrected chi connectivity index (χ1v) is 11.1. The van der Waals surface area contributed by atoms with Gasteiger partial charge in [-0.2, -0.15) is 0 Å². The number of benzene rings is 1. The summed E-state index contributed by atoms with van der Waals surface area (Å²) in [6.07, 6.45) is 3.26. The van der Waals surface area contributed by atoms with Gasteiger partial charge in [0.1, 0.15) is 5.75 Å². The van der Waals surface area contributed by atoms with Crippen LogP contribution in [0.5, 0.6) is 5.75 Å². The number of methoxy groups -OCH3 is 1. The van der Waals surface area contributed by atoms with Crippen LogP contribution in [0, 0.1) is 5.92 Å². The van der Waals surface area contributed by atoms with Gasteiger partial charge in [-0.15, -0.1) is 0 Å². The highest BCUT2D eigenvalue weighted by molar-refractivity contribution is 7.17. The van der Waals surface area contributed by atoms with Crippen molar-refractivity contribution in [3.63, 3.8) is 0 Å². The second-order valence-corrected chi connectivity index (χ2v) is 8.91. The molecule has 1 fully saturated rings. The van der Waals surface area contributed by atoms with Crippen LogP contribution in [0.1, 0.15) is 51.4 Å². The lowest BCUT2D eigenvalue weighted by atomic mass is 9.95. The molecule has 1 aliphatic heterocycles. The Bertz CT molecular complexity index is 998. The maximum absolute atomic E-state index is 12.9. The molecule has 2 aromatic rings. The molecule has 158 valence electrons. The van der Waals surface area contributed by atoms with Gasteiger partial charge in [-0.05, 0) is 43.9 Å². The summed E-state index contributed by atoms with van der Waals surface area (Å²) in [4.78, 5) is 44.4. The second kappa shape index (κ2) is 8.73. The monoisotopic (exact) mass is 447 g/mol. The smallest absolute Gasteiger partial charge is 0.257 e. The average molecular weight is 448 g/mol. The van der Waals surface area contributed by atoms with Crippen molar-refractivity contribution in [3.8, 4) is 5.75 Å². The lowest BCUT2D eigenvalue weighted by Crippen LogP contribution is -2.41. The van der Waals surface area contributed by atoms with Gasteiger partial charge < -0.3 is 15.0 Å². The van der Waals surface area contributed by atoms with Crippen LogP contribution < -0.4 is 10.1 Å². The summed E-state index contributed by atoms with van der Waals surface area (Å²) in [6, 6.07) is 4.96. The van der Waals surface area contributed by atoms with Crippen LogP contribution in [0.4, 0.5) is 5.13 Å². The van der Waals surface area contributed by atoms with Crippen molar-refractivity contribution in [2.75, 3.05) is 25.5 Å². The van der Waals surface area contributed by atoms with E-state index < -0.39 is 0 Å². The Kier molecular flexibility index (Phi) is 6.06. The third-order valence-electron chi connectivity index (χ3n) is 5.54. The highest BCUT2D eigenvalue weighted by Crippen LogP contribution is 2.31. The standard InChI is InChI=1S/C21H22ClN3O4S/c1-29-17-6-5-13(22)11-14(17)20(28)25-9-7-12(8-10-25)19(27)24-21-23-15-3-2-4-16(26)18(15)30-21/h5-6,11-12H,2-4,7-10H2,1H3,(H,23,24,27). The molecule has 0 spiro atoms. The highest BCUT2D eigenvalue weighted by Gasteiger charge is 2.30. The van der Waals surface area contributed by atoms with E-state index in [1.165, 1.54) is 18.4 Å². The molecule has 0 radical (unpaired) electrons. The number of hydrogen-bond donors (Lipinski definition) is 1. The summed E-state index contributed by atoms with van der Waals surface area (Å²) in [6.45, 7) is 0.943. The van der Waals surface area contributed by atoms with Gasteiger partial charge >= 0.3 is 0 Å². The number of hydrogen-bond acceptors (Lipinski definition) is 6. The number of ketones is 1. The molecule has 0 bridgehead atoms. The van der Waals surface area contributed by atoms with Crippen LogP contribution in [-0.2, 0) is 11.2 Å². The molecule has 9 heteroatoms. The molecule has 30 heavy (non-hydrogen) atoms. The van der Waals surface area contributed by atoms with E-state index in [-0.39, 0.29) is 23.5 Å². The van der Waals surface area contributed by atoms with Gasteiger partial charge in [0.15, 0.2) is 10.9 Å². The first kappa shape index (κ1) is 20.8. The zero-order valence-electron chi connectivity index (χ0n) is 16.6. The average Bonchev–Trinajstić information content (AvgIpc) is 3.17. The number of piperidine rings is 1. The Labute approximate surface area is 183 Å². The number of amides is 2. The van der Waals surface area contributed by atoms with E-state index in [0.29, 0.717) is 58.7 Å². The molecule has 1 aromatic carbocycles. The van der Waals surface area contributed by atoms with Crippen LogP contribution in [0.15, 0.2) is 18.2 Å². The molecule has 7 nitrogen and oxygen atoms in total. The number of fused-ring (bicyclic) bond motifs is 1. The Balaban J connectivity index is 1.36. The van der Waals surface area contributed by atoms with Crippen LogP contribution in [0.25, 0.3) is 0 Å². The quantitative estimate of drug-likeness (QED) is 0.769. The Morgan fingerprint density at radius 3 is 2.73 bits per heavy atom. The minimum absolute atomic E-state index is 0.109. The predicted molar refractivity (Wildman–Crippen MR) is 115 cm³/mol. The van der Waals surface area contributed by atoms with Crippen LogP contribution in [0.2, 0.25) is 5.02 Å². The van der Waals surface area contributed by atoms with Crippen molar-refractivity contribution in [3.05, 3.63) is 39.4 Å². The number of rotatable bonds is 4. The molecular weight excluding hydrogens is 426 g/mol. The molecule has 1 aliphatic carbocycles. The van der Waals surface area contributed by atoms with Crippen molar-refractivity contribution >= 4 is 45.7 Å². The number of nitrogens with one attached hydrogen (secondary N) is 1. The van der Waals surface area contributed by atoms with E-state index >= 15 is 0 Å². The van der Waals surface area contributed by atoms with Gasteiger partial charge in [0.25, 0.3) is 5.91 Å². The molecule has 0 saturated carbocycles. The maximum atomic E-state index is 12.9. The van der Waals surface area contributed by atoms with E-state index in [4.69, 9.17) is 16.3 Å². The largest absolute Gasteiger partial charge is 0.496 e. The minimum atomic E-state index is -0.202. The molecule has 2 heterocycles. The molecule has 4 rings (SSSR count). The first-order chi connectivity index (χ1) is 14.5. The number of aromatic nitrogens is 1. The van der Waals surface area contributed by atoms with E-state index in [0.717, 1.165) is 18.5 Å². The predicted octanol–water partition coefficient (Wildman–Crippen LogP) is 3.82. The number of carbonyl (C=O) groups excluding carboxylic acids is 3. The number of nitrogens with zero attached hydrogens (tertiary/aromatic N) is 2. The Morgan fingerprint density at radius 1 is 1.27 bits per heavy atom. The molecule has 2 amide bonds. The third kappa shape index (κ3) is 4.20. The first-order valence-electron chi connectivity index (χ1n) is 9.93. The van der Waals surface area contributed by atoms with Gasteiger partial charge in [0.2, 0.25) is 5.91 Å². The lowest BCUT2D eigenvalue weighted by Gasteiger charge is -2.31. The number of halogens is 1. The molecular formula is C21H22ClN3O4S. The van der Waals surface area contributed by atoms with Crippen molar-refractivity contribution in [1.82, 2.24) is 9.88 Å². The van der Waals surface area contributed by atoms with Gasteiger partial charge in [-0.25, -0.2) is 4.98 Å². The van der Waals surface area contributed by atoms with Crippen molar-refractivity contribution in [1.29, 1.82) is 0 Å². The number of aryl methyl sites for hydroxylation is 1. The minimum Gasteiger partial charge on any atom is -0.496 e. The lowest BCUT2D eigenvalue weighted by molar-refractivity contribution is -0.121. The van der Waals surface area contributed by atoms with E-state index in [9.17, 15) is 14.4 Å². The topological polar surface area (TPSA) is 88.6 Å². The van der Waals surface area contributed by atoms with Crippen LogP contribution >= 0.6 is 22.9 Å². The number of anilines is 1. The SMILES string of the molecule is COc1ccc(Cl)cc1C(=O)N1CCC(C(=O)Nc2nc3c(s2)C(=O)CCC3)CC1. The molecule has 1 aromatic heterocycles. The Hall–Kier alpha value is -2.45. The summed E-state index contributed by atoms with van der Waals surface area (Å²) >= 11 is 7.30. The van der Waals surface area contributed by atoms with Crippen LogP contribution in [-0.4, -0.2) is 47.7 Å². The van der Waals surface area contributed by atoms with Gasteiger partial charge in [0, 0.05) is 30.5 Å². The summed E-state index contributed by atoms with van der Waals surface area (Å²) in [5, 5.41) is 3.82. The normalized spacial score (nSPS) is 16.9. The highest BCUT2D eigenvalue weighted by atomic mass is 35.5. The Morgan fingerprint density at radius 2 is 2.03 bits per heavy atom. The molecule has 1 N–H and O–H groups in total. The van der Waals surface area contributed by atoms with Gasteiger partial charge in [-0.3, -0.25) is 14.4 Å². The summed E-state index contributed by atoms with van der Waals surface area (Å²) in [7, 11) is 1.51. The molecule has 0 atom stereocenters. The van der Waals surface area contributed by atoms with E-state index in [1.807, 2.05) is 0 Å². The zero-order chi connectivity index (χ0) is 21.3. The number of ether oxygens (including phenoxy) is 1. The fourth-order valence-corrected chi connectivity index (χ4v) is 5.05. The van der Waals surface area contributed by atoms with Crippen LogP contribution in [0.3, 0.4) is 0 Å². The molecule has 0 unspecified atom stereocenters. The van der Waals surface area contributed by atoms with Crippen molar-refractivity contribution in [2.24, 2.45) is 5.92 Å². The van der Waals surface area contributed by atoms with E-state index in [2.05, 4.69) is 10.3 Å². The summed E-state index contributed by atoms with van der Waals surface area (Å²) in [5.41, 5.74) is 1.22. The van der Waals surface area contributed by atoms with Gasteiger partial charge in [-0.1, -0.05) is 22.9 Å². The van der Waals surface area contributed by atoms with Crippen molar-refractivity contribution in [2.45, 2.75) is 32.1 Å². The fraction of sp³-hybridized carbons (Fsp3) is 0.429. The van der Waals surface area contributed by atoms with E-state index in [1.54, 1.807) is 23.1 Å². The number of likely N-dealkylation sites (tertiary alicyclic amines) is 1. The number of carbonyl (C=O) groups is 3. The summed E-state index contributed by atoms with van der Waals surface area (Å²) in [5.74, 6) is 0.122. The molecule has 1 saturated heterocycles. The summed E-state index contributed by atoms with van der Waals surface area (Å²) < 4.78 is 5.28. The fourth-order valence-electron chi connectivity index (χ4n) is 3.89.